The van der Waals surface area contributed by atoms with Crippen LogP contribution in [-0.4, -0.2) is 23.7 Å². The highest BCUT2D eigenvalue weighted by Crippen LogP contribution is 1.98. The highest BCUT2D eigenvalue weighted by molar-refractivity contribution is 5.81. The number of carbonyl (C=O) groups is 1. The van der Waals surface area contributed by atoms with E-state index in [2.05, 4.69) is 29.6 Å². The van der Waals surface area contributed by atoms with E-state index in [1.807, 2.05) is 6.92 Å². The molecule has 0 saturated heterocycles. The molecule has 0 saturated carbocycles. The lowest BCUT2D eigenvalue weighted by molar-refractivity contribution is -0.122. The largest absolute Gasteiger partial charge is 0.360 e. The summed E-state index contributed by atoms with van der Waals surface area (Å²) in [5, 5.41) is 9.57. The van der Waals surface area contributed by atoms with Crippen LogP contribution >= 0.6 is 0 Å². The minimum Gasteiger partial charge on any atom is -0.360 e. The van der Waals surface area contributed by atoms with Crippen LogP contribution in [0, 0.1) is 5.92 Å². The van der Waals surface area contributed by atoms with Gasteiger partial charge in [-0.1, -0.05) is 19.0 Å². The monoisotopic (exact) mass is 239 g/mol. The summed E-state index contributed by atoms with van der Waals surface area (Å²) in [6.07, 6.45) is 2.59. The van der Waals surface area contributed by atoms with Crippen LogP contribution in [-0.2, 0) is 11.3 Å². The smallest absolute Gasteiger partial charge is 0.236 e. The van der Waals surface area contributed by atoms with Crippen molar-refractivity contribution in [2.24, 2.45) is 5.92 Å². The summed E-state index contributed by atoms with van der Waals surface area (Å²) in [5.41, 5.74) is 0. The first-order valence-electron chi connectivity index (χ1n) is 6.00. The molecule has 0 fully saturated rings. The van der Waals surface area contributed by atoms with E-state index in [0.29, 0.717) is 12.5 Å². The van der Waals surface area contributed by atoms with Crippen LogP contribution in [0.3, 0.4) is 0 Å². The highest BCUT2D eigenvalue weighted by atomic mass is 16.5. The summed E-state index contributed by atoms with van der Waals surface area (Å²) in [4.78, 5) is 11.7. The molecule has 0 aliphatic rings. The number of nitrogens with zero attached hydrogens (tertiary/aromatic N) is 1. The molecule has 0 aromatic carbocycles. The molecule has 1 amide bonds. The van der Waals surface area contributed by atoms with Crippen molar-refractivity contribution in [2.45, 2.75) is 39.8 Å². The standard InChI is InChI=1S/C12H21N3O2/c1-9(2)4-6-13-12(16)10(3)14-8-11-5-7-15-17-11/h5,7,9-10,14H,4,6,8H2,1-3H3,(H,13,16). The maximum absolute atomic E-state index is 11.7. The summed E-state index contributed by atoms with van der Waals surface area (Å²) < 4.78 is 4.93. The fourth-order valence-electron chi connectivity index (χ4n) is 1.32. The van der Waals surface area contributed by atoms with Gasteiger partial charge >= 0.3 is 0 Å². The van der Waals surface area contributed by atoms with E-state index in [9.17, 15) is 4.79 Å². The van der Waals surface area contributed by atoms with Gasteiger partial charge in [-0.05, 0) is 19.3 Å². The predicted octanol–water partition coefficient (Wildman–Crippen LogP) is 1.31. The van der Waals surface area contributed by atoms with Gasteiger partial charge in [-0.3, -0.25) is 10.1 Å². The molecule has 0 aliphatic carbocycles. The Morgan fingerprint density at radius 2 is 2.24 bits per heavy atom. The van der Waals surface area contributed by atoms with E-state index in [-0.39, 0.29) is 11.9 Å². The van der Waals surface area contributed by atoms with Crippen molar-refractivity contribution in [1.82, 2.24) is 15.8 Å². The molecular weight excluding hydrogens is 218 g/mol. The molecule has 1 aromatic heterocycles. The van der Waals surface area contributed by atoms with Crippen molar-refractivity contribution in [2.75, 3.05) is 6.54 Å². The summed E-state index contributed by atoms with van der Waals surface area (Å²) in [7, 11) is 0. The SMILES string of the molecule is CC(C)CCNC(=O)C(C)NCc1ccno1. The quantitative estimate of drug-likeness (QED) is 0.753. The van der Waals surface area contributed by atoms with Crippen LogP contribution in [0.25, 0.3) is 0 Å². The van der Waals surface area contributed by atoms with E-state index in [0.717, 1.165) is 18.7 Å². The number of nitrogens with one attached hydrogen (secondary N) is 2. The molecule has 0 radical (unpaired) electrons. The summed E-state index contributed by atoms with van der Waals surface area (Å²) >= 11 is 0. The van der Waals surface area contributed by atoms with Crippen molar-refractivity contribution in [3.63, 3.8) is 0 Å². The first kappa shape index (κ1) is 13.7. The molecule has 1 rings (SSSR count). The molecule has 5 nitrogen and oxygen atoms in total. The van der Waals surface area contributed by atoms with Gasteiger partial charge in [-0.15, -0.1) is 0 Å². The van der Waals surface area contributed by atoms with E-state index in [4.69, 9.17) is 4.52 Å². The lowest BCUT2D eigenvalue weighted by Crippen LogP contribution is -2.42. The summed E-state index contributed by atoms with van der Waals surface area (Å²) in [5.74, 6) is 1.35. The Labute approximate surface area is 102 Å². The van der Waals surface area contributed by atoms with Crippen molar-refractivity contribution < 1.29 is 9.32 Å². The van der Waals surface area contributed by atoms with Crippen LogP contribution in [0.4, 0.5) is 0 Å². The molecule has 2 N–H and O–H groups in total. The third kappa shape index (κ3) is 5.49. The maximum atomic E-state index is 11.7. The summed E-state index contributed by atoms with van der Waals surface area (Å²) in [6.45, 7) is 7.35. The van der Waals surface area contributed by atoms with Gasteiger partial charge in [0.15, 0.2) is 0 Å². The van der Waals surface area contributed by atoms with Crippen LogP contribution in [0.15, 0.2) is 16.8 Å². The Morgan fingerprint density at radius 3 is 2.82 bits per heavy atom. The van der Waals surface area contributed by atoms with Gasteiger partial charge in [-0.25, -0.2) is 0 Å². The van der Waals surface area contributed by atoms with Gasteiger partial charge in [0.1, 0.15) is 5.76 Å². The molecule has 1 aromatic rings. The van der Waals surface area contributed by atoms with E-state index in [1.54, 1.807) is 12.3 Å². The van der Waals surface area contributed by atoms with Gasteiger partial charge in [-0.2, -0.15) is 0 Å². The number of rotatable bonds is 7. The molecule has 1 unspecified atom stereocenters. The van der Waals surface area contributed by atoms with Gasteiger partial charge in [0, 0.05) is 12.6 Å². The van der Waals surface area contributed by atoms with Crippen LogP contribution in [0.2, 0.25) is 0 Å². The Balaban J connectivity index is 2.18. The van der Waals surface area contributed by atoms with E-state index < -0.39 is 0 Å². The second-order valence-electron chi connectivity index (χ2n) is 4.55. The molecule has 5 heteroatoms. The molecule has 96 valence electrons. The number of carbonyl (C=O) groups excluding carboxylic acids is 1. The van der Waals surface area contributed by atoms with E-state index >= 15 is 0 Å². The third-order valence-electron chi connectivity index (χ3n) is 2.49. The average Bonchev–Trinajstić information content (AvgIpc) is 2.78. The number of aromatic nitrogens is 1. The number of amides is 1. The lowest BCUT2D eigenvalue weighted by Gasteiger charge is -2.13. The topological polar surface area (TPSA) is 67.2 Å². The Bertz CT molecular complexity index is 323. The Morgan fingerprint density at radius 1 is 1.47 bits per heavy atom. The molecule has 0 bridgehead atoms. The minimum atomic E-state index is -0.229. The first-order valence-corrected chi connectivity index (χ1v) is 6.00. The van der Waals surface area contributed by atoms with Crippen molar-refractivity contribution in [1.29, 1.82) is 0 Å². The molecule has 0 aliphatic heterocycles. The predicted molar refractivity (Wildman–Crippen MR) is 65.3 cm³/mol. The van der Waals surface area contributed by atoms with Gasteiger partial charge in [0.05, 0.1) is 18.8 Å². The first-order chi connectivity index (χ1) is 8.09. The minimum absolute atomic E-state index is 0.0187. The van der Waals surface area contributed by atoms with Crippen LogP contribution in [0.1, 0.15) is 33.0 Å². The second-order valence-corrected chi connectivity index (χ2v) is 4.55. The molecule has 1 atom stereocenters. The fourth-order valence-corrected chi connectivity index (χ4v) is 1.32. The van der Waals surface area contributed by atoms with Gasteiger partial charge in [0.2, 0.25) is 5.91 Å². The average molecular weight is 239 g/mol. The summed E-state index contributed by atoms with van der Waals surface area (Å²) in [6, 6.07) is 1.54. The van der Waals surface area contributed by atoms with Gasteiger partial charge in [0.25, 0.3) is 0 Å². The molecular formula is C12H21N3O2. The maximum Gasteiger partial charge on any atom is 0.236 e. The number of hydrogen-bond acceptors (Lipinski definition) is 4. The Kier molecular flexibility index (Phi) is 5.69. The molecule has 1 heterocycles. The second kappa shape index (κ2) is 7.06. The Hall–Kier alpha value is -1.36. The van der Waals surface area contributed by atoms with Crippen molar-refractivity contribution >= 4 is 5.91 Å². The zero-order valence-electron chi connectivity index (χ0n) is 10.7. The van der Waals surface area contributed by atoms with Crippen LogP contribution < -0.4 is 10.6 Å². The zero-order valence-corrected chi connectivity index (χ0v) is 10.7. The number of hydrogen-bond donors (Lipinski definition) is 2. The molecule has 0 spiro atoms. The van der Waals surface area contributed by atoms with Crippen molar-refractivity contribution in [3.8, 4) is 0 Å². The van der Waals surface area contributed by atoms with Crippen LogP contribution in [0.5, 0.6) is 0 Å². The third-order valence-corrected chi connectivity index (χ3v) is 2.49. The van der Waals surface area contributed by atoms with E-state index in [1.165, 1.54) is 0 Å². The van der Waals surface area contributed by atoms with Gasteiger partial charge < -0.3 is 9.84 Å². The lowest BCUT2D eigenvalue weighted by atomic mass is 10.1. The zero-order chi connectivity index (χ0) is 12.7. The highest BCUT2D eigenvalue weighted by Gasteiger charge is 2.12. The van der Waals surface area contributed by atoms with Crippen molar-refractivity contribution in [3.05, 3.63) is 18.0 Å². The fraction of sp³-hybridized carbons (Fsp3) is 0.667. The normalized spacial score (nSPS) is 12.7. The molecule has 17 heavy (non-hydrogen) atoms.